The fraction of sp³-hybridized carbons (Fsp3) is 0.222. The second kappa shape index (κ2) is 6.12. The van der Waals surface area contributed by atoms with Crippen molar-refractivity contribution in [3.8, 4) is 5.69 Å². The number of nitrogens with one attached hydrogen (secondary N) is 1. The number of para-hydroxylation sites is 2. The van der Waals surface area contributed by atoms with Crippen LogP contribution in [-0.4, -0.2) is 16.1 Å². The molecule has 1 aromatic heterocycles. The first kappa shape index (κ1) is 14.5. The summed E-state index contributed by atoms with van der Waals surface area (Å²) in [7, 11) is 0. The van der Waals surface area contributed by atoms with Crippen molar-refractivity contribution in [2.24, 2.45) is 0 Å². The zero-order valence-corrected chi connectivity index (χ0v) is 12.8. The van der Waals surface area contributed by atoms with Gasteiger partial charge >= 0.3 is 0 Å². The van der Waals surface area contributed by atoms with Crippen LogP contribution >= 0.6 is 0 Å². The van der Waals surface area contributed by atoms with Gasteiger partial charge in [-0.25, -0.2) is 4.98 Å². The van der Waals surface area contributed by atoms with Crippen molar-refractivity contribution >= 4 is 10.9 Å². The van der Waals surface area contributed by atoms with E-state index in [4.69, 9.17) is 4.98 Å². The van der Waals surface area contributed by atoms with E-state index in [9.17, 15) is 4.79 Å². The molecule has 4 nitrogen and oxygen atoms in total. The van der Waals surface area contributed by atoms with E-state index in [1.807, 2.05) is 68.4 Å². The van der Waals surface area contributed by atoms with Gasteiger partial charge in [0.25, 0.3) is 5.56 Å². The number of benzene rings is 2. The zero-order chi connectivity index (χ0) is 15.5. The van der Waals surface area contributed by atoms with Crippen LogP contribution in [0.1, 0.15) is 25.7 Å². The Hall–Kier alpha value is -2.46. The number of hydrogen-bond acceptors (Lipinski definition) is 3. The highest BCUT2D eigenvalue weighted by atomic mass is 16.1. The molecule has 0 spiro atoms. The zero-order valence-electron chi connectivity index (χ0n) is 12.8. The second-order valence-electron chi connectivity index (χ2n) is 5.24. The van der Waals surface area contributed by atoms with Gasteiger partial charge in [-0.3, -0.25) is 9.36 Å². The first-order chi connectivity index (χ1) is 10.7. The second-order valence-corrected chi connectivity index (χ2v) is 5.24. The van der Waals surface area contributed by atoms with Crippen LogP contribution in [-0.2, 0) is 0 Å². The number of aromatic nitrogens is 2. The van der Waals surface area contributed by atoms with Crippen LogP contribution in [0.5, 0.6) is 0 Å². The van der Waals surface area contributed by atoms with Crippen LogP contribution in [0.15, 0.2) is 59.4 Å². The van der Waals surface area contributed by atoms with E-state index in [1.54, 1.807) is 4.57 Å². The average molecular weight is 293 g/mol. The van der Waals surface area contributed by atoms with E-state index < -0.39 is 0 Å². The monoisotopic (exact) mass is 293 g/mol. The number of nitrogens with zero attached hydrogens (tertiary/aromatic N) is 2. The van der Waals surface area contributed by atoms with Crippen LogP contribution in [0.25, 0.3) is 16.6 Å². The van der Waals surface area contributed by atoms with Gasteiger partial charge < -0.3 is 5.32 Å². The Morgan fingerprint density at radius 2 is 1.77 bits per heavy atom. The molecule has 1 atom stereocenters. The molecule has 22 heavy (non-hydrogen) atoms. The Morgan fingerprint density at radius 3 is 2.50 bits per heavy atom. The molecular weight excluding hydrogens is 274 g/mol. The highest BCUT2D eigenvalue weighted by Gasteiger charge is 2.16. The van der Waals surface area contributed by atoms with Crippen LogP contribution < -0.4 is 10.9 Å². The van der Waals surface area contributed by atoms with Crippen molar-refractivity contribution in [1.29, 1.82) is 0 Å². The maximum atomic E-state index is 13.0. The molecule has 0 aliphatic rings. The smallest absolute Gasteiger partial charge is 0.266 e. The Balaban J connectivity index is 2.34. The van der Waals surface area contributed by atoms with Gasteiger partial charge in [0.2, 0.25) is 0 Å². The van der Waals surface area contributed by atoms with Gasteiger partial charge in [0.15, 0.2) is 0 Å². The van der Waals surface area contributed by atoms with E-state index in [1.165, 1.54) is 0 Å². The number of fused-ring (bicyclic) bond motifs is 1. The molecule has 2 aromatic carbocycles. The third-order valence-corrected chi connectivity index (χ3v) is 3.71. The molecule has 3 aromatic rings. The lowest BCUT2D eigenvalue weighted by molar-refractivity contribution is 0.551. The van der Waals surface area contributed by atoms with Crippen molar-refractivity contribution in [3.63, 3.8) is 0 Å². The molecule has 1 N–H and O–H groups in total. The predicted octanol–water partition coefficient (Wildman–Crippen LogP) is 3.06. The van der Waals surface area contributed by atoms with Crippen LogP contribution in [0.4, 0.5) is 0 Å². The maximum Gasteiger partial charge on any atom is 0.266 e. The summed E-state index contributed by atoms with van der Waals surface area (Å²) >= 11 is 0. The summed E-state index contributed by atoms with van der Waals surface area (Å²) in [6, 6.07) is 17.1. The van der Waals surface area contributed by atoms with Gasteiger partial charge in [-0.1, -0.05) is 37.3 Å². The maximum absolute atomic E-state index is 13.0. The highest BCUT2D eigenvalue weighted by Crippen LogP contribution is 2.17. The first-order valence-corrected chi connectivity index (χ1v) is 7.53. The summed E-state index contributed by atoms with van der Waals surface area (Å²) in [6.07, 6.45) is 0. The minimum atomic E-state index is -0.0310. The Morgan fingerprint density at radius 1 is 1.09 bits per heavy atom. The van der Waals surface area contributed by atoms with Crippen LogP contribution in [0.2, 0.25) is 0 Å². The molecule has 0 unspecified atom stereocenters. The molecule has 0 radical (unpaired) electrons. The molecule has 1 heterocycles. The molecule has 0 aliphatic heterocycles. The topological polar surface area (TPSA) is 46.9 Å². The lowest BCUT2D eigenvalue weighted by Crippen LogP contribution is -2.30. The summed E-state index contributed by atoms with van der Waals surface area (Å²) < 4.78 is 1.70. The Kier molecular flexibility index (Phi) is 4.02. The van der Waals surface area contributed by atoms with Gasteiger partial charge in [0.05, 0.1) is 22.6 Å². The van der Waals surface area contributed by atoms with Crippen molar-refractivity contribution < 1.29 is 0 Å². The summed E-state index contributed by atoms with van der Waals surface area (Å²) in [4.78, 5) is 17.7. The molecule has 0 saturated heterocycles. The van der Waals surface area contributed by atoms with Gasteiger partial charge in [-0.15, -0.1) is 0 Å². The van der Waals surface area contributed by atoms with E-state index >= 15 is 0 Å². The van der Waals surface area contributed by atoms with Crippen molar-refractivity contribution in [3.05, 3.63) is 70.8 Å². The molecule has 0 aliphatic carbocycles. The molecule has 0 fully saturated rings. The van der Waals surface area contributed by atoms with Gasteiger partial charge in [0.1, 0.15) is 5.82 Å². The quantitative estimate of drug-likeness (QED) is 0.804. The molecule has 0 amide bonds. The van der Waals surface area contributed by atoms with E-state index in [2.05, 4.69) is 5.32 Å². The first-order valence-electron chi connectivity index (χ1n) is 7.53. The summed E-state index contributed by atoms with van der Waals surface area (Å²) in [5.74, 6) is 0.733. The van der Waals surface area contributed by atoms with Crippen molar-refractivity contribution in [2.45, 2.75) is 19.9 Å². The van der Waals surface area contributed by atoms with E-state index in [0.29, 0.717) is 5.39 Å². The predicted molar refractivity (Wildman–Crippen MR) is 89.4 cm³/mol. The van der Waals surface area contributed by atoms with Crippen LogP contribution in [0.3, 0.4) is 0 Å². The standard InChI is InChI=1S/C18H19N3O/c1-3-19-13(2)17-20-16-12-8-7-11-15(16)18(22)21(17)14-9-5-4-6-10-14/h4-13,19H,3H2,1-2H3/t13-/m1/s1. The average Bonchev–Trinajstić information content (AvgIpc) is 2.56. The SMILES string of the molecule is CCN[C@H](C)c1nc2ccccc2c(=O)n1-c1ccccc1. The van der Waals surface area contributed by atoms with Gasteiger partial charge in [-0.2, -0.15) is 0 Å². The lowest BCUT2D eigenvalue weighted by atomic mass is 10.2. The van der Waals surface area contributed by atoms with Crippen LogP contribution in [0, 0.1) is 0 Å². The number of hydrogen-bond donors (Lipinski definition) is 1. The molecular formula is C18H19N3O. The Bertz CT molecular complexity index is 840. The number of rotatable bonds is 4. The van der Waals surface area contributed by atoms with E-state index in [-0.39, 0.29) is 11.6 Å². The summed E-state index contributed by atoms with van der Waals surface area (Å²) in [6.45, 7) is 4.89. The molecule has 0 saturated carbocycles. The summed E-state index contributed by atoms with van der Waals surface area (Å²) in [5.41, 5.74) is 1.54. The minimum absolute atomic E-state index is 0.0116. The van der Waals surface area contributed by atoms with Crippen molar-refractivity contribution in [1.82, 2.24) is 14.9 Å². The largest absolute Gasteiger partial charge is 0.308 e. The fourth-order valence-corrected chi connectivity index (χ4v) is 2.66. The van der Waals surface area contributed by atoms with Gasteiger partial charge in [-0.05, 0) is 37.7 Å². The third kappa shape index (κ3) is 2.53. The van der Waals surface area contributed by atoms with Crippen molar-refractivity contribution in [2.75, 3.05) is 6.54 Å². The molecule has 0 bridgehead atoms. The molecule has 3 rings (SSSR count). The normalized spacial score (nSPS) is 12.5. The Labute approximate surface area is 129 Å². The molecule has 4 heteroatoms. The minimum Gasteiger partial charge on any atom is -0.308 e. The van der Waals surface area contributed by atoms with Gasteiger partial charge in [0, 0.05) is 0 Å². The third-order valence-electron chi connectivity index (χ3n) is 3.71. The highest BCUT2D eigenvalue weighted by molar-refractivity contribution is 5.77. The summed E-state index contributed by atoms with van der Waals surface area (Å²) in [5, 5.41) is 3.98. The lowest BCUT2D eigenvalue weighted by Gasteiger charge is -2.19. The molecule has 112 valence electrons. The fourth-order valence-electron chi connectivity index (χ4n) is 2.66. The van der Waals surface area contributed by atoms with E-state index in [0.717, 1.165) is 23.6 Å².